The van der Waals surface area contributed by atoms with E-state index >= 15 is 0 Å². The number of carbonyl (C=O) groups is 2. The van der Waals surface area contributed by atoms with Gasteiger partial charge in [0.25, 0.3) is 0 Å². The molecule has 140 valence electrons. The number of rotatable bonds is 9. The van der Waals surface area contributed by atoms with Crippen molar-refractivity contribution in [2.75, 3.05) is 18.5 Å². The number of benzene rings is 1. The highest BCUT2D eigenvalue weighted by molar-refractivity contribution is 8.02. The zero-order valence-corrected chi connectivity index (χ0v) is 16.6. The number of hydrogen-bond acceptors (Lipinski definition) is 7. The predicted octanol–water partition coefficient (Wildman–Crippen LogP) is 3.77. The van der Waals surface area contributed by atoms with Crippen molar-refractivity contribution in [3.63, 3.8) is 0 Å². The Bertz CT molecular complexity index is 748. The van der Waals surface area contributed by atoms with Gasteiger partial charge >= 0.3 is 5.97 Å². The maximum absolute atomic E-state index is 12.5. The average molecular weight is 395 g/mol. The van der Waals surface area contributed by atoms with Crippen molar-refractivity contribution in [1.82, 2.24) is 4.98 Å². The molecule has 1 atom stereocenters. The fourth-order valence-electron chi connectivity index (χ4n) is 2.07. The van der Waals surface area contributed by atoms with Gasteiger partial charge in [0.2, 0.25) is 5.91 Å². The summed E-state index contributed by atoms with van der Waals surface area (Å²) in [5.74, 6) is 0.212. The molecule has 0 saturated heterocycles. The Balaban J connectivity index is 1.93. The summed E-state index contributed by atoms with van der Waals surface area (Å²) in [7, 11) is 0. The summed E-state index contributed by atoms with van der Waals surface area (Å²) >= 11 is 2.77. The molecule has 1 aromatic carbocycles. The highest BCUT2D eigenvalue weighted by Gasteiger charge is 2.18. The van der Waals surface area contributed by atoms with E-state index in [1.807, 2.05) is 37.4 Å². The molecule has 2 rings (SSSR count). The van der Waals surface area contributed by atoms with Gasteiger partial charge in [-0.25, -0.2) is 4.98 Å². The predicted molar refractivity (Wildman–Crippen MR) is 104 cm³/mol. The van der Waals surface area contributed by atoms with Crippen LogP contribution >= 0.6 is 23.1 Å². The number of anilines is 1. The van der Waals surface area contributed by atoms with E-state index in [1.165, 1.54) is 23.1 Å². The molecule has 0 aliphatic rings. The van der Waals surface area contributed by atoms with Crippen molar-refractivity contribution < 1.29 is 19.1 Å². The lowest BCUT2D eigenvalue weighted by Gasteiger charge is -2.14. The standard InChI is InChI=1S/C18H22N2O4S2/c1-4-23-15-9-7-6-8-14(15)20-17(22)12(3)26-18-19-13(11-25-18)10-16(21)24-5-2/h6-9,11-12H,4-5,10H2,1-3H3,(H,20,22)/t12-/m1/s1. The van der Waals surface area contributed by atoms with Crippen molar-refractivity contribution in [1.29, 1.82) is 0 Å². The van der Waals surface area contributed by atoms with Gasteiger partial charge in [-0.05, 0) is 32.9 Å². The zero-order valence-electron chi connectivity index (χ0n) is 15.0. The van der Waals surface area contributed by atoms with Crippen LogP contribution in [0, 0.1) is 0 Å². The van der Waals surface area contributed by atoms with Gasteiger partial charge in [0, 0.05) is 5.38 Å². The Labute approximate surface area is 161 Å². The molecule has 0 aliphatic heterocycles. The highest BCUT2D eigenvalue weighted by atomic mass is 32.2. The molecule has 0 bridgehead atoms. The van der Waals surface area contributed by atoms with E-state index in [0.717, 1.165) is 4.34 Å². The van der Waals surface area contributed by atoms with Gasteiger partial charge in [-0.2, -0.15) is 0 Å². The van der Waals surface area contributed by atoms with Crippen LogP contribution in [-0.2, 0) is 20.7 Å². The van der Waals surface area contributed by atoms with Gasteiger partial charge in [0.1, 0.15) is 5.75 Å². The smallest absolute Gasteiger partial charge is 0.311 e. The van der Waals surface area contributed by atoms with Crippen molar-refractivity contribution in [2.24, 2.45) is 0 Å². The Morgan fingerprint density at radius 2 is 2.04 bits per heavy atom. The Morgan fingerprint density at radius 1 is 1.27 bits per heavy atom. The topological polar surface area (TPSA) is 77.5 Å². The normalized spacial score (nSPS) is 11.7. The first kappa shape index (κ1) is 20.3. The molecule has 0 saturated carbocycles. The van der Waals surface area contributed by atoms with Crippen LogP contribution < -0.4 is 10.1 Å². The van der Waals surface area contributed by atoms with Crippen LogP contribution in [0.15, 0.2) is 34.0 Å². The lowest BCUT2D eigenvalue weighted by molar-refractivity contribution is -0.142. The lowest BCUT2D eigenvalue weighted by atomic mass is 10.3. The van der Waals surface area contributed by atoms with Gasteiger partial charge in [0.15, 0.2) is 4.34 Å². The first-order valence-corrected chi connectivity index (χ1v) is 10.1. The Morgan fingerprint density at radius 3 is 2.77 bits per heavy atom. The minimum absolute atomic E-state index is 0.135. The summed E-state index contributed by atoms with van der Waals surface area (Å²) in [6, 6.07) is 7.33. The molecule has 0 aliphatic carbocycles. The third-order valence-corrected chi connectivity index (χ3v) is 5.37. The molecule has 1 heterocycles. The number of thiazole rings is 1. The van der Waals surface area contributed by atoms with E-state index in [0.29, 0.717) is 30.3 Å². The van der Waals surface area contributed by atoms with Crippen molar-refractivity contribution >= 4 is 40.7 Å². The number of nitrogens with one attached hydrogen (secondary N) is 1. The maximum Gasteiger partial charge on any atom is 0.311 e. The molecule has 0 radical (unpaired) electrons. The molecule has 1 amide bonds. The SMILES string of the molecule is CCOC(=O)Cc1csc(S[C@H](C)C(=O)Nc2ccccc2OCC)n1. The number of para-hydroxylation sites is 2. The number of amides is 1. The van der Waals surface area contributed by atoms with Gasteiger partial charge in [-0.3, -0.25) is 9.59 Å². The maximum atomic E-state index is 12.5. The van der Waals surface area contributed by atoms with Crippen LogP contribution in [0.5, 0.6) is 5.75 Å². The molecule has 8 heteroatoms. The van der Waals surface area contributed by atoms with Crippen LogP contribution in [0.4, 0.5) is 5.69 Å². The van der Waals surface area contributed by atoms with Crippen LogP contribution in [0.1, 0.15) is 26.5 Å². The molecular weight excluding hydrogens is 372 g/mol. The molecule has 6 nitrogen and oxygen atoms in total. The van der Waals surface area contributed by atoms with E-state index in [9.17, 15) is 9.59 Å². The number of thioether (sulfide) groups is 1. The second kappa shape index (κ2) is 10.2. The second-order valence-electron chi connectivity index (χ2n) is 5.27. The molecule has 0 unspecified atom stereocenters. The summed E-state index contributed by atoms with van der Waals surface area (Å²) in [5, 5.41) is 4.36. The van der Waals surface area contributed by atoms with E-state index in [-0.39, 0.29) is 23.5 Å². The van der Waals surface area contributed by atoms with Gasteiger partial charge in [0.05, 0.1) is 36.3 Å². The third kappa shape index (κ3) is 6.03. The van der Waals surface area contributed by atoms with Crippen LogP contribution in [-0.4, -0.2) is 35.3 Å². The molecule has 26 heavy (non-hydrogen) atoms. The van der Waals surface area contributed by atoms with Crippen LogP contribution in [0.3, 0.4) is 0 Å². The minimum atomic E-state index is -0.341. The van der Waals surface area contributed by atoms with E-state index < -0.39 is 0 Å². The summed E-state index contributed by atoms with van der Waals surface area (Å²) in [5.41, 5.74) is 1.30. The average Bonchev–Trinajstić information content (AvgIpc) is 3.03. The largest absolute Gasteiger partial charge is 0.492 e. The van der Waals surface area contributed by atoms with Gasteiger partial charge in [-0.15, -0.1) is 11.3 Å². The molecule has 2 aromatic rings. The summed E-state index contributed by atoms with van der Waals surface area (Å²) in [4.78, 5) is 28.3. The van der Waals surface area contributed by atoms with E-state index in [2.05, 4.69) is 10.3 Å². The fourth-order valence-corrected chi connectivity index (χ4v) is 4.05. The molecule has 0 fully saturated rings. The number of esters is 1. The van der Waals surface area contributed by atoms with Gasteiger partial charge < -0.3 is 14.8 Å². The first-order valence-electron chi connectivity index (χ1n) is 8.32. The Kier molecular flexibility index (Phi) is 7.93. The number of aromatic nitrogens is 1. The number of carbonyl (C=O) groups excluding carboxylic acids is 2. The monoisotopic (exact) mass is 394 g/mol. The van der Waals surface area contributed by atoms with E-state index in [1.54, 1.807) is 13.0 Å². The third-order valence-electron chi connectivity index (χ3n) is 3.25. The summed E-state index contributed by atoms with van der Waals surface area (Å²) < 4.78 is 11.2. The summed E-state index contributed by atoms with van der Waals surface area (Å²) in [6.45, 7) is 6.36. The van der Waals surface area contributed by atoms with Crippen molar-refractivity contribution in [3.8, 4) is 5.75 Å². The van der Waals surface area contributed by atoms with Crippen molar-refractivity contribution in [3.05, 3.63) is 35.3 Å². The Hall–Kier alpha value is -2.06. The van der Waals surface area contributed by atoms with Gasteiger partial charge in [-0.1, -0.05) is 23.9 Å². The number of hydrogen-bond donors (Lipinski definition) is 1. The minimum Gasteiger partial charge on any atom is -0.492 e. The zero-order chi connectivity index (χ0) is 18.9. The molecular formula is C18H22N2O4S2. The number of nitrogens with zero attached hydrogens (tertiary/aromatic N) is 1. The second-order valence-corrected chi connectivity index (χ2v) is 7.71. The molecule has 1 aromatic heterocycles. The summed E-state index contributed by atoms with van der Waals surface area (Å²) in [6.07, 6.45) is 0.146. The number of ether oxygens (including phenoxy) is 2. The quantitative estimate of drug-likeness (QED) is 0.515. The molecule has 1 N–H and O–H groups in total. The fraction of sp³-hybridized carbons (Fsp3) is 0.389. The molecule has 0 spiro atoms. The first-order chi connectivity index (χ1) is 12.5. The lowest BCUT2D eigenvalue weighted by Crippen LogP contribution is -2.22. The van der Waals surface area contributed by atoms with E-state index in [4.69, 9.17) is 9.47 Å². The van der Waals surface area contributed by atoms with Crippen molar-refractivity contribution in [2.45, 2.75) is 36.8 Å². The van der Waals surface area contributed by atoms with Crippen LogP contribution in [0.25, 0.3) is 0 Å². The highest BCUT2D eigenvalue weighted by Crippen LogP contribution is 2.29. The van der Waals surface area contributed by atoms with Crippen LogP contribution in [0.2, 0.25) is 0 Å².